The van der Waals surface area contributed by atoms with Gasteiger partial charge in [-0.05, 0) is 62.4 Å². The number of nitrogens with zero attached hydrogens (tertiary/aromatic N) is 5. The maximum Gasteiger partial charge on any atom is 0.307 e. The van der Waals surface area contributed by atoms with Gasteiger partial charge in [0.2, 0.25) is 5.00 Å². The second kappa shape index (κ2) is 33.5. The summed E-state index contributed by atoms with van der Waals surface area (Å²) in [5, 5.41) is 37.6. The Kier molecular flexibility index (Phi) is 29.0. The van der Waals surface area contributed by atoms with Gasteiger partial charge in [-0.25, -0.2) is 4.85 Å². The average molecular weight is 852 g/mol. The van der Waals surface area contributed by atoms with Crippen molar-refractivity contribution in [2.45, 2.75) is 124 Å². The number of carboxylic acid groups (broad SMARTS) is 1. The van der Waals surface area contributed by atoms with Crippen LogP contribution in [0.1, 0.15) is 126 Å². The number of benzene rings is 1. The first-order chi connectivity index (χ1) is 29.2. The number of unbranched alkanes of at least 4 members (excludes halogenated alkanes) is 13. The number of aliphatic carboxylic acids is 1. The van der Waals surface area contributed by atoms with Crippen LogP contribution in [0.3, 0.4) is 0 Å². The van der Waals surface area contributed by atoms with Gasteiger partial charge in [-0.3, -0.25) is 9.59 Å². The molecule has 13 nitrogen and oxygen atoms in total. The fraction of sp³-hybridized carbons (Fsp3) is 0.652. The molecule has 1 unspecified atom stereocenters. The number of esters is 1. The molecule has 1 heterocycles. The minimum absolute atomic E-state index is 0.0183. The molecule has 2 aromatic rings. The monoisotopic (exact) mass is 851 g/mol. The number of azo groups is 1. The van der Waals surface area contributed by atoms with Crippen molar-refractivity contribution in [2.24, 2.45) is 16.1 Å². The van der Waals surface area contributed by atoms with E-state index in [-0.39, 0.29) is 32.8 Å². The number of ether oxygens (including phenoxy) is 4. The van der Waals surface area contributed by atoms with Gasteiger partial charge in [-0.1, -0.05) is 96.1 Å². The lowest BCUT2D eigenvalue weighted by Crippen LogP contribution is -2.31. The number of carbonyl (C=O) groups excluding carboxylic acids is 1. The normalized spacial score (nSPS) is 11.9. The summed E-state index contributed by atoms with van der Waals surface area (Å²) in [5.41, 5.74) is 3.35. The van der Waals surface area contributed by atoms with Crippen molar-refractivity contribution >= 4 is 44.7 Å². The zero-order valence-corrected chi connectivity index (χ0v) is 37.2. The number of rotatable bonds is 36. The molecular formula is C46H69N5O8S. The lowest BCUT2D eigenvalue weighted by molar-refractivity contribution is -0.152. The van der Waals surface area contributed by atoms with E-state index in [1.54, 1.807) is 6.92 Å². The number of hydrogen-bond acceptors (Lipinski definition) is 12. The topological polar surface area (TPSA) is 168 Å². The van der Waals surface area contributed by atoms with Gasteiger partial charge in [0, 0.05) is 18.8 Å². The standard InChI is InChI=1S/C46H69N5O8S/c1-5-6-7-8-9-10-11-12-13-14-15-16-17-18-19-20-21-39(46(54)55)35-43(53)59-33-32-57-28-25-51(24-27-56-30-31-58-29-26-52)40-22-23-42(37(2)34-40)49-50-45-41(36-47)38(3)44(48-4)60-45/h19-20,22-23,34,39,52H,5-18,21,24-33,35H2,1-3H3,(H,54,55)/b20-19+,50-49?. The lowest BCUT2D eigenvalue weighted by atomic mass is 10.0. The van der Waals surface area contributed by atoms with Gasteiger partial charge >= 0.3 is 11.9 Å². The summed E-state index contributed by atoms with van der Waals surface area (Å²) in [6, 6.07) is 7.85. The Labute approximate surface area is 362 Å². The van der Waals surface area contributed by atoms with Gasteiger partial charge in [0.05, 0.1) is 76.4 Å². The van der Waals surface area contributed by atoms with E-state index in [9.17, 15) is 20.0 Å². The number of aliphatic hydroxyl groups excluding tert-OH is 1. The molecule has 0 aliphatic rings. The highest BCUT2D eigenvalue weighted by Gasteiger charge is 2.21. The maximum absolute atomic E-state index is 12.5. The Morgan fingerprint density at radius 3 is 2.03 bits per heavy atom. The summed E-state index contributed by atoms with van der Waals surface area (Å²) >= 11 is 1.14. The molecule has 0 aliphatic heterocycles. The molecule has 1 aromatic heterocycles. The Hall–Kier alpha value is -4.18. The van der Waals surface area contributed by atoms with E-state index < -0.39 is 17.9 Å². The van der Waals surface area contributed by atoms with Crippen molar-refractivity contribution in [3.8, 4) is 6.07 Å². The van der Waals surface area contributed by atoms with Crippen LogP contribution >= 0.6 is 11.3 Å². The first-order valence-electron chi connectivity index (χ1n) is 21.8. The summed E-state index contributed by atoms with van der Waals surface area (Å²) < 4.78 is 22.1. The molecule has 0 spiro atoms. The zero-order chi connectivity index (χ0) is 43.6. The van der Waals surface area contributed by atoms with Crippen LogP contribution in [-0.2, 0) is 28.5 Å². The van der Waals surface area contributed by atoms with E-state index in [0.717, 1.165) is 35.4 Å². The van der Waals surface area contributed by atoms with Crippen molar-refractivity contribution in [3.05, 3.63) is 58.5 Å². The number of nitriles is 1. The summed E-state index contributed by atoms with van der Waals surface area (Å²) in [6.07, 6.45) is 21.9. The van der Waals surface area contributed by atoms with E-state index >= 15 is 0 Å². The molecule has 1 atom stereocenters. The van der Waals surface area contributed by atoms with E-state index in [4.69, 9.17) is 30.6 Å². The Morgan fingerprint density at radius 1 is 0.867 bits per heavy atom. The third kappa shape index (κ3) is 22.4. The number of thiophene rings is 1. The van der Waals surface area contributed by atoms with Crippen molar-refractivity contribution in [1.29, 1.82) is 5.26 Å². The third-order valence-corrected chi connectivity index (χ3v) is 11.1. The van der Waals surface area contributed by atoms with Crippen molar-refractivity contribution < 1.29 is 38.7 Å². The SMILES string of the molecule is [C-]#[N+]c1sc(N=Nc2ccc(N(CCOCCOCCO)CCOCCOC(=O)CC(C/C=C/CCCCCCCCCCCCCCC)C(=O)O)cc2C)c(C#N)c1C. The number of carbonyl (C=O) groups is 2. The second-order valence-electron chi connectivity index (χ2n) is 14.9. The minimum atomic E-state index is -1.01. The second-order valence-corrected chi connectivity index (χ2v) is 15.8. The summed E-state index contributed by atoms with van der Waals surface area (Å²) in [6.45, 7) is 16.2. The molecule has 0 bridgehead atoms. The largest absolute Gasteiger partial charge is 0.481 e. The van der Waals surface area contributed by atoms with E-state index in [2.05, 4.69) is 33.0 Å². The number of carboxylic acids is 1. The smallest absolute Gasteiger partial charge is 0.307 e. The van der Waals surface area contributed by atoms with Gasteiger partial charge < -0.3 is 34.1 Å². The van der Waals surface area contributed by atoms with Crippen LogP contribution in [0.2, 0.25) is 0 Å². The van der Waals surface area contributed by atoms with Crippen LogP contribution in [0.5, 0.6) is 0 Å². The molecule has 60 heavy (non-hydrogen) atoms. The van der Waals surface area contributed by atoms with Crippen molar-refractivity contribution in [2.75, 3.05) is 70.8 Å². The molecule has 0 saturated carbocycles. The first kappa shape index (κ1) is 52.0. The fourth-order valence-electron chi connectivity index (χ4n) is 6.46. The summed E-state index contributed by atoms with van der Waals surface area (Å²) in [7, 11) is 0. The Morgan fingerprint density at radius 2 is 1.47 bits per heavy atom. The van der Waals surface area contributed by atoms with E-state index in [0.29, 0.717) is 72.8 Å². The molecule has 2 rings (SSSR count). The molecule has 0 radical (unpaired) electrons. The first-order valence-corrected chi connectivity index (χ1v) is 22.6. The predicted molar refractivity (Wildman–Crippen MR) is 238 cm³/mol. The van der Waals surface area contributed by atoms with Gasteiger partial charge in [0.1, 0.15) is 17.7 Å². The molecule has 332 valence electrons. The number of aliphatic hydroxyl groups is 1. The van der Waals surface area contributed by atoms with Gasteiger partial charge in [0.25, 0.3) is 0 Å². The number of anilines is 1. The molecule has 0 saturated heterocycles. The number of hydrogen-bond donors (Lipinski definition) is 2. The van der Waals surface area contributed by atoms with Crippen LogP contribution in [0.25, 0.3) is 4.85 Å². The highest BCUT2D eigenvalue weighted by Crippen LogP contribution is 2.41. The number of allylic oxidation sites excluding steroid dienone is 2. The Bertz CT molecular complexity index is 1650. The minimum Gasteiger partial charge on any atom is -0.481 e. The van der Waals surface area contributed by atoms with Gasteiger partial charge in [-0.15, -0.1) is 21.6 Å². The van der Waals surface area contributed by atoms with Crippen LogP contribution < -0.4 is 4.90 Å². The van der Waals surface area contributed by atoms with Crippen molar-refractivity contribution in [1.82, 2.24) is 0 Å². The lowest BCUT2D eigenvalue weighted by Gasteiger charge is -2.25. The maximum atomic E-state index is 12.5. The van der Waals surface area contributed by atoms with Crippen LogP contribution in [0.15, 0.2) is 40.6 Å². The fourth-order valence-corrected chi connectivity index (χ4v) is 7.32. The average Bonchev–Trinajstić information content (AvgIpc) is 3.56. The van der Waals surface area contributed by atoms with E-state index in [1.165, 1.54) is 77.0 Å². The molecule has 0 amide bonds. The number of aryl methyl sites for hydroxylation is 1. The van der Waals surface area contributed by atoms with Crippen LogP contribution in [-0.4, -0.2) is 88.1 Å². The van der Waals surface area contributed by atoms with Crippen LogP contribution in [0, 0.1) is 37.7 Å². The quantitative estimate of drug-likeness (QED) is 0.0221. The van der Waals surface area contributed by atoms with Gasteiger partial charge in [-0.2, -0.15) is 5.26 Å². The molecule has 2 N–H and O–H groups in total. The zero-order valence-electron chi connectivity index (χ0n) is 36.3. The molecular weight excluding hydrogens is 783 g/mol. The molecule has 1 aromatic carbocycles. The van der Waals surface area contributed by atoms with E-state index in [1.807, 2.05) is 37.3 Å². The van der Waals surface area contributed by atoms with Crippen molar-refractivity contribution in [3.63, 3.8) is 0 Å². The predicted octanol–water partition coefficient (Wildman–Crippen LogP) is 11.1. The highest BCUT2D eigenvalue weighted by atomic mass is 32.1. The molecule has 0 aliphatic carbocycles. The summed E-state index contributed by atoms with van der Waals surface area (Å²) in [4.78, 5) is 29.9. The molecule has 0 fully saturated rings. The molecule has 14 heteroatoms. The Balaban J connectivity index is 1.75. The third-order valence-electron chi connectivity index (χ3n) is 10.0. The highest BCUT2D eigenvalue weighted by molar-refractivity contribution is 7.20. The van der Waals surface area contributed by atoms with Gasteiger partial charge in [0.15, 0.2) is 0 Å². The summed E-state index contributed by atoms with van der Waals surface area (Å²) in [5.74, 6) is -2.40. The van der Waals surface area contributed by atoms with Crippen LogP contribution in [0.4, 0.5) is 21.4 Å².